The lowest BCUT2D eigenvalue weighted by atomic mass is 9.75. The highest BCUT2D eigenvalue weighted by molar-refractivity contribution is 7.91. The summed E-state index contributed by atoms with van der Waals surface area (Å²) in [6.07, 6.45) is 6.47. The smallest absolute Gasteiger partial charge is 0.153 e. The molecule has 0 bridgehead atoms. The molecule has 0 radical (unpaired) electrons. The third-order valence-corrected chi connectivity index (χ3v) is 7.06. The molecule has 1 unspecified atom stereocenters. The van der Waals surface area contributed by atoms with Crippen LogP contribution in [0.1, 0.15) is 39.0 Å². The Balaban J connectivity index is 2.00. The molecule has 106 valence electrons. The maximum absolute atomic E-state index is 11.6. The summed E-state index contributed by atoms with van der Waals surface area (Å²) in [4.78, 5) is 2.38. The molecule has 2 rings (SSSR count). The molecule has 0 aromatic heterocycles. The Kier molecular flexibility index (Phi) is 4.66. The van der Waals surface area contributed by atoms with Crippen LogP contribution in [0.5, 0.6) is 0 Å². The van der Waals surface area contributed by atoms with Crippen molar-refractivity contribution in [3.63, 3.8) is 0 Å². The van der Waals surface area contributed by atoms with E-state index in [0.717, 1.165) is 12.3 Å². The van der Waals surface area contributed by atoms with Gasteiger partial charge < -0.3 is 0 Å². The van der Waals surface area contributed by atoms with Crippen molar-refractivity contribution in [3.05, 3.63) is 0 Å². The van der Waals surface area contributed by atoms with Gasteiger partial charge in [0.15, 0.2) is 9.84 Å². The zero-order valence-electron chi connectivity index (χ0n) is 11.3. The van der Waals surface area contributed by atoms with Crippen LogP contribution in [0, 0.1) is 5.41 Å². The molecule has 2 aliphatic rings. The zero-order valence-corrected chi connectivity index (χ0v) is 13.0. The van der Waals surface area contributed by atoms with Crippen LogP contribution in [0.15, 0.2) is 0 Å². The molecule has 1 atom stereocenters. The van der Waals surface area contributed by atoms with E-state index in [4.69, 9.17) is 0 Å². The van der Waals surface area contributed by atoms with Crippen molar-refractivity contribution in [3.8, 4) is 0 Å². The largest absolute Gasteiger partial charge is 0.298 e. The molecule has 3 nitrogen and oxygen atoms in total. The minimum absolute atomic E-state index is 0.169. The molecular weight excluding hydrogens is 266 g/mol. The fourth-order valence-electron chi connectivity index (χ4n) is 3.37. The van der Waals surface area contributed by atoms with Gasteiger partial charge in [-0.3, -0.25) is 4.90 Å². The third-order valence-electron chi connectivity index (χ3n) is 4.60. The van der Waals surface area contributed by atoms with Crippen LogP contribution in [-0.2, 0) is 9.84 Å². The van der Waals surface area contributed by atoms with Gasteiger partial charge in [0.05, 0.1) is 11.5 Å². The van der Waals surface area contributed by atoms with Crippen molar-refractivity contribution in [1.29, 1.82) is 0 Å². The number of hydrogen-bond donors (Lipinski definition) is 1. The molecule has 2 fully saturated rings. The molecule has 1 saturated carbocycles. The quantitative estimate of drug-likeness (QED) is 0.808. The maximum atomic E-state index is 11.6. The highest BCUT2D eigenvalue weighted by Gasteiger charge is 2.36. The predicted octanol–water partition coefficient (Wildman–Crippen LogP) is 1.99. The van der Waals surface area contributed by atoms with Gasteiger partial charge in [0, 0.05) is 19.1 Å². The van der Waals surface area contributed by atoms with E-state index >= 15 is 0 Å². The summed E-state index contributed by atoms with van der Waals surface area (Å²) in [6.45, 7) is 3.79. The van der Waals surface area contributed by atoms with E-state index in [1.807, 2.05) is 6.92 Å². The first-order valence-corrected chi connectivity index (χ1v) is 9.47. The normalized spacial score (nSPS) is 32.2. The molecule has 0 aromatic carbocycles. The number of thiol groups is 1. The van der Waals surface area contributed by atoms with Gasteiger partial charge in [-0.05, 0) is 30.9 Å². The number of nitrogens with zero attached hydrogens (tertiary/aromatic N) is 1. The van der Waals surface area contributed by atoms with Gasteiger partial charge in [-0.15, -0.1) is 0 Å². The SMILES string of the molecule is CC1CS(=O)(=O)CCN1CC1(CS)CCCCC1. The Bertz CT molecular complexity index is 374. The zero-order chi connectivity index (χ0) is 13.2. The fourth-order valence-corrected chi connectivity index (χ4v) is 5.41. The molecule has 0 spiro atoms. The molecule has 0 amide bonds. The Morgan fingerprint density at radius 1 is 1.28 bits per heavy atom. The van der Waals surface area contributed by atoms with E-state index in [0.29, 0.717) is 23.5 Å². The second-order valence-corrected chi connectivity index (χ2v) is 8.70. The van der Waals surface area contributed by atoms with Gasteiger partial charge in [-0.25, -0.2) is 8.42 Å². The highest BCUT2D eigenvalue weighted by Crippen LogP contribution is 2.38. The fraction of sp³-hybridized carbons (Fsp3) is 1.00. The van der Waals surface area contributed by atoms with Crippen molar-refractivity contribution >= 4 is 22.5 Å². The summed E-state index contributed by atoms with van der Waals surface area (Å²) < 4.78 is 23.2. The summed E-state index contributed by atoms with van der Waals surface area (Å²) in [5.41, 5.74) is 0.330. The van der Waals surface area contributed by atoms with Gasteiger partial charge in [0.1, 0.15) is 0 Å². The van der Waals surface area contributed by atoms with Gasteiger partial charge >= 0.3 is 0 Å². The second-order valence-electron chi connectivity index (χ2n) is 6.15. The van der Waals surface area contributed by atoms with Gasteiger partial charge in [0.2, 0.25) is 0 Å². The number of rotatable bonds is 3. The molecule has 0 aromatic rings. The predicted molar refractivity (Wildman–Crippen MR) is 79.1 cm³/mol. The topological polar surface area (TPSA) is 37.4 Å². The minimum atomic E-state index is -2.79. The van der Waals surface area contributed by atoms with E-state index < -0.39 is 9.84 Å². The molecule has 18 heavy (non-hydrogen) atoms. The molecule has 1 saturated heterocycles. The van der Waals surface area contributed by atoms with Crippen molar-refractivity contribution in [2.24, 2.45) is 5.41 Å². The van der Waals surface area contributed by atoms with Crippen LogP contribution in [-0.4, -0.2) is 49.7 Å². The molecule has 0 N–H and O–H groups in total. The molecule has 5 heteroatoms. The Morgan fingerprint density at radius 3 is 2.50 bits per heavy atom. The summed E-state index contributed by atoms with van der Waals surface area (Å²) in [7, 11) is -2.79. The van der Waals surface area contributed by atoms with Crippen molar-refractivity contribution < 1.29 is 8.42 Å². The molecule has 1 heterocycles. The Labute approximate surface area is 117 Å². The summed E-state index contributed by atoms with van der Waals surface area (Å²) >= 11 is 4.57. The Morgan fingerprint density at radius 2 is 1.94 bits per heavy atom. The first-order valence-electron chi connectivity index (χ1n) is 7.02. The lowest BCUT2D eigenvalue weighted by Crippen LogP contribution is -2.51. The van der Waals surface area contributed by atoms with E-state index in [-0.39, 0.29) is 6.04 Å². The third kappa shape index (κ3) is 3.42. The lowest BCUT2D eigenvalue weighted by Gasteiger charge is -2.43. The van der Waals surface area contributed by atoms with Gasteiger partial charge in [-0.2, -0.15) is 12.6 Å². The van der Waals surface area contributed by atoms with Crippen LogP contribution >= 0.6 is 12.6 Å². The van der Waals surface area contributed by atoms with Crippen LogP contribution in [0.25, 0.3) is 0 Å². The van der Waals surface area contributed by atoms with E-state index in [1.165, 1.54) is 32.1 Å². The first-order chi connectivity index (χ1) is 8.46. The van der Waals surface area contributed by atoms with E-state index in [2.05, 4.69) is 17.5 Å². The van der Waals surface area contributed by atoms with Crippen LogP contribution < -0.4 is 0 Å². The van der Waals surface area contributed by atoms with E-state index in [9.17, 15) is 8.42 Å². The highest BCUT2D eigenvalue weighted by atomic mass is 32.2. The van der Waals surface area contributed by atoms with E-state index in [1.54, 1.807) is 0 Å². The number of hydrogen-bond acceptors (Lipinski definition) is 4. The molecule has 1 aliphatic heterocycles. The van der Waals surface area contributed by atoms with Crippen LogP contribution in [0.2, 0.25) is 0 Å². The average Bonchev–Trinajstić information content (AvgIpc) is 2.34. The van der Waals surface area contributed by atoms with Crippen molar-refractivity contribution in [2.45, 2.75) is 45.1 Å². The number of sulfone groups is 1. The molecular formula is C13H25NO2S2. The summed E-state index contributed by atoms with van der Waals surface area (Å²) in [6, 6.07) is 0.169. The summed E-state index contributed by atoms with van der Waals surface area (Å²) in [5.74, 6) is 1.60. The van der Waals surface area contributed by atoms with Crippen LogP contribution in [0.4, 0.5) is 0 Å². The van der Waals surface area contributed by atoms with Crippen molar-refractivity contribution in [1.82, 2.24) is 4.90 Å². The second kappa shape index (κ2) is 5.71. The summed E-state index contributed by atoms with van der Waals surface area (Å²) in [5, 5.41) is 0. The minimum Gasteiger partial charge on any atom is -0.298 e. The monoisotopic (exact) mass is 291 g/mol. The Hall–Kier alpha value is 0.260. The lowest BCUT2D eigenvalue weighted by molar-refractivity contribution is 0.106. The van der Waals surface area contributed by atoms with Gasteiger partial charge in [0.25, 0.3) is 0 Å². The van der Waals surface area contributed by atoms with Crippen LogP contribution in [0.3, 0.4) is 0 Å². The molecule has 1 aliphatic carbocycles. The van der Waals surface area contributed by atoms with Gasteiger partial charge in [-0.1, -0.05) is 19.3 Å². The standard InChI is InChI=1S/C13H25NO2S2/c1-12-9-18(15,16)8-7-14(12)10-13(11-17)5-3-2-4-6-13/h12,17H,2-11H2,1H3. The van der Waals surface area contributed by atoms with Crippen molar-refractivity contribution in [2.75, 3.05) is 30.3 Å². The first kappa shape index (κ1) is 14.7. The average molecular weight is 291 g/mol. The maximum Gasteiger partial charge on any atom is 0.153 e.